The van der Waals surface area contributed by atoms with Crippen molar-refractivity contribution in [3.8, 4) is 0 Å². The number of amides is 1. The van der Waals surface area contributed by atoms with Gasteiger partial charge in [0, 0.05) is 12.5 Å². The van der Waals surface area contributed by atoms with Crippen molar-refractivity contribution in [2.24, 2.45) is 0 Å². The minimum Gasteiger partial charge on any atom is -0.453 e. The largest absolute Gasteiger partial charge is 0.453 e. The summed E-state index contributed by atoms with van der Waals surface area (Å²) in [5, 5.41) is 2.48. The standard InChI is InChI=1S/C8H16FNO2/c1-6(5-8(2,3)9)10-7(11)12-4/h6H,5H2,1-4H3,(H,10,11). The van der Waals surface area contributed by atoms with Gasteiger partial charge in [0.1, 0.15) is 5.67 Å². The zero-order valence-corrected chi connectivity index (χ0v) is 7.98. The van der Waals surface area contributed by atoms with Gasteiger partial charge in [0.05, 0.1) is 7.11 Å². The number of carbonyl (C=O) groups excluding carboxylic acids is 1. The fourth-order valence-electron chi connectivity index (χ4n) is 1.04. The van der Waals surface area contributed by atoms with E-state index in [0.29, 0.717) is 0 Å². The van der Waals surface area contributed by atoms with Crippen LogP contribution in [0.25, 0.3) is 0 Å². The Labute approximate surface area is 72.3 Å². The van der Waals surface area contributed by atoms with Gasteiger partial charge in [-0.3, -0.25) is 0 Å². The Morgan fingerprint density at radius 2 is 2.17 bits per heavy atom. The zero-order valence-electron chi connectivity index (χ0n) is 7.98. The van der Waals surface area contributed by atoms with Crippen molar-refractivity contribution in [2.45, 2.75) is 38.9 Å². The van der Waals surface area contributed by atoms with Crippen molar-refractivity contribution in [2.75, 3.05) is 7.11 Å². The number of hydrogen-bond donors (Lipinski definition) is 1. The molecule has 0 radical (unpaired) electrons. The fourth-order valence-corrected chi connectivity index (χ4v) is 1.04. The number of hydrogen-bond acceptors (Lipinski definition) is 2. The molecule has 0 fully saturated rings. The van der Waals surface area contributed by atoms with Crippen LogP contribution in [-0.2, 0) is 4.74 Å². The molecule has 0 aliphatic heterocycles. The quantitative estimate of drug-likeness (QED) is 0.714. The number of alkyl carbamates (subject to hydrolysis) is 1. The maximum atomic E-state index is 13.0. The van der Waals surface area contributed by atoms with Crippen molar-refractivity contribution >= 4 is 6.09 Å². The van der Waals surface area contributed by atoms with Gasteiger partial charge in [0.25, 0.3) is 0 Å². The van der Waals surface area contributed by atoms with Crippen LogP contribution in [0.3, 0.4) is 0 Å². The van der Waals surface area contributed by atoms with Crippen LogP contribution in [0.15, 0.2) is 0 Å². The Morgan fingerprint density at radius 3 is 2.50 bits per heavy atom. The van der Waals surface area contributed by atoms with Gasteiger partial charge >= 0.3 is 6.09 Å². The van der Waals surface area contributed by atoms with Gasteiger partial charge in [-0.05, 0) is 20.8 Å². The molecule has 1 amide bonds. The Morgan fingerprint density at radius 1 is 1.67 bits per heavy atom. The zero-order chi connectivity index (χ0) is 9.78. The first-order chi connectivity index (χ1) is 5.35. The summed E-state index contributed by atoms with van der Waals surface area (Å²) in [6, 6.07) is -0.211. The maximum Gasteiger partial charge on any atom is 0.407 e. The first-order valence-electron chi connectivity index (χ1n) is 3.88. The van der Waals surface area contributed by atoms with E-state index in [1.807, 2.05) is 0 Å². The smallest absolute Gasteiger partial charge is 0.407 e. The van der Waals surface area contributed by atoms with Crippen molar-refractivity contribution in [3.05, 3.63) is 0 Å². The first-order valence-corrected chi connectivity index (χ1v) is 3.88. The Bertz CT molecular complexity index is 154. The van der Waals surface area contributed by atoms with Gasteiger partial charge in [0.15, 0.2) is 0 Å². The van der Waals surface area contributed by atoms with Crippen LogP contribution in [-0.4, -0.2) is 24.9 Å². The van der Waals surface area contributed by atoms with Crippen molar-refractivity contribution in [1.82, 2.24) is 5.32 Å². The molecular weight excluding hydrogens is 161 g/mol. The van der Waals surface area contributed by atoms with Gasteiger partial charge in [-0.25, -0.2) is 9.18 Å². The Balaban J connectivity index is 3.74. The van der Waals surface area contributed by atoms with E-state index in [2.05, 4.69) is 10.1 Å². The molecule has 0 saturated carbocycles. The molecule has 0 aromatic heterocycles. The molecule has 12 heavy (non-hydrogen) atoms. The maximum absolute atomic E-state index is 13.0. The minimum absolute atomic E-state index is 0.211. The molecular formula is C8H16FNO2. The SMILES string of the molecule is COC(=O)NC(C)CC(C)(C)F. The van der Waals surface area contributed by atoms with E-state index >= 15 is 0 Å². The second kappa shape index (κ2) is 4.28. The topological polar surface area (TPSA) is 38.3 Å². The van der Waals surface area contributed by atoms with Crippen LogP contribution < -0.4 is 5.32 Å². The third-order valence-electron chi connectivity index (χ3n) is 1.34. The number of halogens is 1. The lowest BCUT2D eigenvalue weighted by molar-refractivity contribution is 0.152. The molecule has 0 heterocycles. The molecule has 0 saturated heterocycles. The van der Waals surface area contributed by atoms with Gasteiger partial charge in [-0.1, -0.05) is 0 Å². The summed E-state index contributed by atoms with van der Waals surface area (Å²) in [7, 11) is 1.28. The predicted octanol–water partition coefficient (Wildman–Crippen LogP) is 1.87. The van der Waals surface area contributed by atoms with Crippen LogP contribution in [0.5, 0.6) is 0 Å². The minimum atomic E-state index is -1.26. The van der Waals surface area contributed by atoms with E-state index in [0.717, 1.165) is 0 Å². The van der Waals surface area contributed by atoms with Crippen LogP contribution in [0.4, 0.5) is 9.18 Å². The van der Waals surface area contributed by atoms with Crippen LogP contribution in [0.1, 0.15) is 27.2 Å². The lowest BCUT2D eigenvalue weighted by atomic mass is 10.0. The highest BCUT2D eigenvalue weighted by Gasteiger charge is 2.20. The van der Waals surface area contributed by atoms with Crippen LogP contribution in [0.2, 0.25) is 0 Å². The number of ether oxygens (including phenoxy) is 1. The van der Waals surface area contributed by atoms with Crippen molar-refractivity contribution in [1.29, 1.82) is 0 Å². The first kappa shape index (κ1) is 11.2. The molecule has 0 rings (SSSR count). The highest BCUT2D eigenvalue weighted by molar-refractivity contribution is 5.67. The predicted molar refractivity (Wildman–Crippen MR) is 44.8 cm³/mol. The van der Waals surface area contributed by atoms with E-state index < -0.39 is 11.8 Å². The van der Waals surface area contributed by atoms with Crippen molar-refractivity contribution < 1.29 is 13.9 Å². The van der Waals surface area contributed by atoms with E-state index in [1.54, 1.807) is 6.92 Å². The second-order valence-corrected chi connectivity index (χ2v) is 3.46. The molecule has 1 atom stereocenters. The normalized spacial score (nSPS) is 13.8. The summed E-state index contributed by atoms with van der Waals surface area (Å²) in [6.07, 6.45) is -0.242. The van der Waals surface area contributed by atoms with Gasteiger partial charge in [-0.15, -0.1) is 0 Å². The van der Waals surface area contributed by atoms with Gasteiger partial charge in [-0.2, -0.15) is 0 Å². The molecule has 0 spiro atoms. The Hall–Kier alpha value is -0.800. The molecule has 3 nitrogen and oxygen atoms in total. The molecule has 0 bridgehead atoms. The third-order valence-corrected chi connectivity index (χ3v) is 1.34. The van der Waals surface area contributed by atoms with Gasteiger partial charge in [0.2, 0.25) is 0 Å². The summed E-state index contributed by atoms with van der Waals surface area (Å²) in [5.74, 6) is 0. The molecule has 1 N–H and O–H groups in total. The second-order valence-electron chi connectivity index (χ2n) is 3.46. The molecule has 0 aliphatic carbocycles. The lowest BCUT2D eigenvalue weighted by Gasteiger charge is -2.19. The van der Waals surface area contributed by atoms with E-state index in [9.17, 15) is 9.18 Å². The summed E-state index contributed by atoms with van der Waals surface area (Å²) in [6.45, 7) is 4.68. The number of rotatable bonds is 3. The monoisotopic (exact) mass is 177 g/mol. The Kier molecular flexibility index (Phi) is 4.00. The average molecular weight is 177 g/mol. The molecule has 1 unspecified atom stereocenters. The van der Waals surface area contributed by atoms with E-state index in [4.69, 9.17) is 0 Å². The van der Waals surface area contributed by atoms with E-state index in [1.165, 1.54) is 21.0 Å². The number of methoxy groups -OCH3 is 1. The third kappa shape index (κ3) is 5.95. The number of nitrogens with one attached hydrogen (secondary N) is 1. The van der Waals surface area contributed by atoms with Crippen LogP contribution in [0, 0.1) is 0 Å². The summed E-state index contributed by atoms with van der Waals surface area (Å²) in [5.41, 5.74) is -1.26. The molecule has 4 heteroatoms. The van der Waals surface area contributed by atoms with E-state index in [-0.39, 0.29) is 12.5 Å². The van der Waals surface area contributed by atoms with Crippen LogP contribution >= 0.6 is 0 Å². The number of carbonyl (C=O) groups is 1. The average Bonchev–Trinajstić information content (AvgIpc) is 1.82. The lowest BCUT2D eigenvalue weighted by Crippen LogP contribution is -2.36. The fraction of sp³-hybridized carbons (Fsp3) is 0.875. The summed E-state index contributed by atoms with van der Waals surface area (Å²) < 4.78 is 17.4. The van der Waals surface area contributed by atoms with Gasteiger partial charge < -0.3 is 10.1 Å². The molecule has 0 aromatic rings. The highest BCUT2D eigenvalue weighted by atomic mass is 19.1. The van der Waals surface area contributed by atoms with Crippen molar-refractivity contribution in [3.63, 3.8) is 0 Å². The highest BCUT2D eigenvalue weighted by Crippen LogP contribution is 2.15. The summed E-state index contributed by atoms with van der Waals surface area (Å²) in [4.78, 5) is 10.7. The molecule has 72 valence electrons. The number of alkyl halides is 1. The molecule has 0 aliphatic rings. The molecule has 0 aromatic carbocycles. The summed E-state index contributed by atoms with van der Waals surface area (Å²) >= 11 is 0.